The highest BCUT2D eigenvalue weighted by atomic mass is 127. The molecular formula is C22H43I. The van der Waals surface area contributed by atoms with E-state index in [4.69, 9.17) is 0 Å². The van der Waals surface area contributed by atoms with Crippen molar-refractivity contribution in [1.29, 1.82) is 0 Å². The predicted molar refractivity (Wildman–Crippen MR) is 114 cm³/mol. The van der Waals surface area contributed by atoms with Crippen molar-refractivity contribution in [3.05, 3.63) is 0 Å². The summed E-state index contributed by atoms with van der Waals surface area (Å²) in [5, 5.41) is 0. The zero-order valence-corrected chi connectivity index (χ0v) is 19.7. The van der Waals surface area contributed by atoms with Crippen molar-refractivity contribution in [3.8, 4) is 0 Å². The van der Waals surface area contributed by atoms with Crippen LogP contribution in [-0.4, -0.2) is 3.42 Å². The van der Waals surface area contributed by atoms with Gasteiger partial charge in [-0.1, -0.05) is 117 Å². The molecular weight excluding hydrogens is 391 g/mol. The molecule has 1 aliphatic rings. The molecule has 1 rings (SSSR count). The molecule has 0 aliphatic heterocycles. The molecule has 23 heavy (non-hydrogen) atoms. The van der Waals surface area contributed by atoms with Gasteiger partial charge in [0.1, 0.15) is 0 Å². The Morgan fingerprint density at radius 3 is 1.48 bits per heavy atom. The Hall–Kier alpha value is 0.730. The first-order valence-corrected chi connectivity index (χ1v) is 11.3. The standard InChI is InChI=1S/C22H43I/c1-10-18(6,11-2)22(19(7,12-3)13-4)20(8,14-5)16-15-17-21(22,9)23/h10-17H2,1-9H3. The molecule has 0 radical (unpaired) electrons. The third-order valence-corrected chi connectivity index (χ3v) is 10.1. The molecule has 0 aromatic heterocycles. The Morgan fingerprint density at radius 1 is 0.783 bits per heavy atom. The molecule has 1 saturated carbocycles. The highest BCUT2D eigenvalue weighted by molar-refractivity contribution is 14.1. The Balaban J connectivity index is 3.92. The van der Waals surface area contributed by atoms with Gasteiger partial charge < -0.3 is 0 Å². The third kappa shape index (κ3) is 2.74. The molecule has 0 nitrogen and oxygen atoms in total. The van der Waals surface area contributed by atoms with E-state index in [1.165, 1.54) is 51.4 Å². The van der Waals surface area contributed by atoms with E-state index in [-0.39, 0.29) is 0 Å². The third-order valence-electron chi connectivity index (χ3n) is 8.77. The first-order valence-electron chi connectivity index (χ1n) is 10.2. The van der Waals surface area contributed by atoms with Gasteiger partial charge in [-0.3, -0.25) is 0 Å². The van der Waals surface area contributed by atoms with Crippen LogP contribution in [0, 0.1) is 21.7 Å². The maximum Gasteiger partial charge on any atom is 0.0266 e. The zero-order valence-electron chi connectivity index (χ0n) is 17.5. The van der Waals surface area contributed by atoms with Crippen molar-refractivity contribution < 1.29 is 0 Å². The van der Waals surface area contributed by atoms with Crippen LogP contribution in [0.1, 0.15) is 114 Å². The Morgan fingerprint density at radius 2 is 1.17 bits per heavy atom. The summed E-state index contributed by atoms with van der Waals surface area (Å²) in [6.07, 6.45) is 10.7. The van der Waals surface area contributed by atoms with Crippen LogP contribution in [0.4, 0.5) is 0 Å². The van der Waals surface area contributed by atoms with Gasteiger partial charge in [0.15, 0.2) is 0 Å². The molecule has 0 N–H and O–H groups in total. The highest BCUT2D eigenvalue weighted by Gasteiger charge is 2.71. The normalized spacial score (nSPS) is 32.1. The summed E-state index contributed by atoms with van der Waals surface area (Å²) in [5.41, 5.74) is 1.60. The maximum absolute atomic E-state index is 2.90. The summed E-state index contributed by atoms with van der Waals surface area (Å²) in [6, 6.07) is 0. The average molecular weight is 434 g/mol. The fourth-order valence-corrected chi connectivity index (χ4v) is 9.60. The summed E-state index contributed by atoms with van der Waals surface area (Å²) in [7, 11) is 0. The van der Waals surface area contributed by atoms with E-state index in [1.807, 2.05) is 0 Å². The van der Waals surface area contributed by atoms with Crippen molar-refractivity contribution in [3.63, 3.8) is 0 Å². The van der Waals surface area contributed by atoms with Gasteiger partial charge >= 0.3 is 0 Å². The first-order chi connectivity index (χ1) is 10.5. The van der Waals surface area contributed by atoms with E-state index in [0.717, 1.165) is 0 Å². The molecule has 2 unspecified atom stereocenters. The topological polar surface area (TPSA) is 0 Å². The molecule has 0 spiro atoms. The van der Waals surface area contributed by atoms with Crippen LogP contribution in [0.5, 0.6) is 0 Å². The van der Waals surface area contributed by atoms with Gasteiger partial charge in [-0.2, -0.15) is 0 Å². The second-order valence-electron chi connectivity index (χ2n) is 9.25. The summed E-state index contributed by atoms with van der Waals surface area (Å²) >= 11 is 2.90. The van der Waals surface area contributed by atoms with Crippen LogP contribution >= 0.6 is 22.6 Å². The lowest BCUT2D eigenvalue weighted by Crippen LogP contribution is -2.69. The maximum atomic E-state index is 2.90. The van der Waals surface area contributed by atoms with Crippen LogP contribution in [-0.2, 0) is 0 Å². The van der Waals surface area contributed by atoms with E-state index in [9.17, 15) is 0 Å². The van der Waals surface area contributed by atoms with Crippen LogP contribution in [0.25, 0.3) is 0 Å². The smallest absolute Gasteiger partial charge is 0.0266 e. The molecule has 1 heteroatoms. The fraction of sp³-hybridized carbons (Fsp3) is 1.00. The first kappa shape index (κ1) is 21.8. The monoisotopic (exact) mass is 434 g/mol. The van der Waals surface area contributed by atoms with Gasteiger partial charge in [-0.05, 0) is 36.0 Å². The molecule has 0 bridgehead atoms. The number of hydrogen-bond acceptors (Lipinski definition) is 0. The minimum atomic E-state index is 0.370. The molecule has 138 valence electrons. The van der Waals surface area contributed by atoms with Crippen LogP contribution in [0.3, 0.4) is 0 Å². The van der Waals surface area contributed by atoms with Crippen molar-refractivity contribution in [2.45, 2.75) is 117 Å². The largest absolute Gasteiger partial charge is 0.0785 e. The molecule has 2 atom stereocenters. The second-order valence-corrected chi connectivity index (χ2v) is 11.6. The van der Waals surface area contributed by atoms with Gasteiger partial charge in [-0.15, -0.1) is 0 Å². The summed E-state index contributed by atoms with van der Waals surface area (Å²) in [5.74, 6) is 0. The zero-order chi connectivity index (χ0) is 18.2. The van der Waals surface area contributed by atoms with E-state index in [0.29, 0.717) is 25.1 Å². The Kier molecular flexibility index (Phi) is 6.77. The fourth-order valence-electron chi connectivity index (χ4n) is 7.26. The van der Waals surface area contributed by atoms with E-state index < -0.39 is 0 Å². The van der Waals surface area contributed by atoms with Crippen molar-refractivity contribution >= 4 is 22.6 Å². The summed E-state index contributed by atoms with van der Waals surface area (Å²) < 4.78 is 0.370. The van der Waals surface area contributed by atoms with Crippen LogP contribution in [0.15, 0.2) is 0 Å². The van der Waals surface area contributed by atoms with Gasteiger partial charge in [0.05, 0.1) is 0 Å². The van der Waals surface area contributed by atoms with Crippen LogP contribution < -0.4 is 0 Å². The SMILES string of the molecule is CCC(C)(CC)C1(C(C)(CC)CC)C(C)(I)CCCC1(C)CC. The lowest BCUT2D eigenvalue weighted by molar-refractivity contribution is -0.210. The van der Waals surface area contributed by atoms with Gasteiger partial charge in [-0.25, -0.2) is 0 Å². The molecule has 0 aromatic rings. The van der Waals surface area contributed by atoms with Crippen molar-refractivity contribution in [1.82, 2.24) is 0 Å². The van der Waals surface area contributed by atoms with Gasteiger partial charge in [0, 0.05) is 8.84 Å². The van der Waals surface area contributed by atoms with Gasteiger partial charge in [0.25, 0.3) is 0 Å². The summed E-state index contributed by atoms with van der Waals surface area (Å²) in [4.78, 5) is 0. The Bertz CT molecular complexity index is 350. The van der Waals surface area contributed by atoms with Crippen molar-refractivity contribution in [2.24, 2.45) is 21.7 Å². The van der Waals surface area contributed by atoms with E-state index in [2.05, 4.69) is 84.9 Å². The number of alkyl halides is 1. The number of rotatable bonds is 7. The van der Waals surface area contributed by atoms with E-state index >= 15 is 0 Å². The average Bonchev–Trinajstić information content (AvgIpc) is 2.53. The Labute approximate surface area is 161 Å². The van der Waals surface area contributed by atoms with Crippen LogP contribution in [0.2, 0.25) is 0 Å². The molecule has 1 fully saturated rings. The lowest BCUT2D eigenvalue weighted by Gasteiger charge is -2.74. The predicted octanol–water partition coefficient (Wildman–Crippen LogP) is 8.42. The molecule has 0 heterocycles. The quantitative estimate of drug-likeness (QED) is 0.279. The molecule has 0 saturated heterocycles. The lowest BCUT2D eigenvalue weighted by atomic mass is 9.33. The molecule has 0 amide bonds. The number of hydrogen-bond donors (Lipinski definition) is 0. The highest BCUT2D eigenvalue weighted by Crippen LogP contribution is 2.77. The minimum absolute atomic E-state index is 0.370. The molecule has 0 aromatic carbocycles. The van der Waals surface area contributed by atoms with Crippen molar-refractivity contribution in [2.75, 3.05) is 0 Å². The second kappa shape index (κ2) is 7.16. The van der Waals surface area contributed by atoms with E-state index in [1.54, 1.807) is 0 Å². The van der Waals surface area contributed by atoms with Gasteiger partial charge in [0.2, 0.25) is 0 Å². The number of halogens is 1. The minimum Gasteiger partial charge on any atom is -0.0785 e. The molecule has 1 aliphatic carbocycles. The summed E-state index contributed by atoms with van der Waals surface area (Å²) in [6.45, 7) is 22.8.